The molecular weight excluding hydrogens is 458 g/mol. The van der Waals surface area contributed by atoms with Gasteiger partial charge in [-0.1, -0.05) is 23.4 Å². The van der Waals surface area contributed by atoms with E-state index in [4.69, 9.17) is 14.0 Å². The highest BCUT2D eigenvalue weighted by Gasteiger charge is 2.30. The molecule has 0 aliphatic heterocycles. The molecule has 1 aliphatic rings. The van der Waals surface area contributed by atoms with Crippen LogP contribution in [0.1, 0.15) is 29.9 Å². The van der Waals surface area contributed by atoms with Crippen LogP contribution in [0.2, 0.25) is 0 Å². The first-order valence-electron chi connectivity index (χ1n) is 10.6. The zero-order valence-electron chi connectivity index (χ0n) is 19.0. The molecule has 3 aromatic rings. The summed E-state index contributed by atoms with van der Waals surface area (Å²) < 4.78 is 43.9. The van der Waals surface area contributed by atoms with E-state index in [0.717, 1.165) is 18.4 Å². The molecule has 1 aliphatic carbocycles. The third kappa shape index (κ3) is 5.23. The van der Waals surface area contributed by atoms with Crippen LogP contribution in [0.3, 0.4) is 0 Å². The van der Waals surface area contributed by atoms with Crippen LogP contribution >= 0.6 is 0 Å². The Morgan fingerprint density at radius 1 is 1.09 bits per heavy atom. The number of rotatable bonds is 9. The molecule has 0 atom stereocenters. The lowest BCUT2D eigenvalue weighted by molar-refractivity contribution is -0.117. The fourth-order valence-corrected chi connectivity index (χ4v) is 4.31. The number of benzene rings is 2. The Morgan fingerprint density at radius 3 is 2.47 bits per heavy atom. The Kier molecular flexibility index (Phi) is 6.60. The predicted octanol–water partition coefficient (Wildman–Crippen LogP) is 4.32. The highest BCUT2D eigenvalue weighted by molar-refractivity contribution is 7.92. The van der Waals surface area contributed by atoms with Crippen molar-refractivity contribution in [1.29, 1.82) is 0 Å². The lowest BCUT2D eigenvalue weighted by atomic mass is 10.2. The van der Waals surface area contributed by atoms with E-state index in [1.807, 2.05) is 0 Å². The zero-order valence-corrected chi connectivity index (χ0v) is 19.8. The van der Waals surface area contributed by atoms with Gasteiger partial charge in [0.2, 0.25) is 5.91 Å². The van der Waals surface area contributed by atoms with Crippen LogP contribution in [-0.2, 0) is 14.8 Å². The molecule has 0 spiro atoms. The van der Waals surface area contributed by atoms with Crippen LogP contribution in [0.25, 0.3) is 12.2 Å². The van der Waals surface area contributed by atoms with Crippen molar-refractivity contribution in [3.8, 4) is 11.5 Å². The van der Waals surface area contributed by atoms with E-state index in [-0.39, 0.29) is 16.7 Å². The van der Waals surface area contributed by atoms with Crippen LogP contribution in [-0.4, -0.2) is 33.7 Å². The van der Waals surface area contributed by atoms with Gasteiger partial charge in [-0.15, -0.1) is 0 Å². The molecule has 9 nitrogen and oxygen atoms in total. The standard InChI is InChI=1S/C24H25N3O6S/c1-15-23(25-24(28)17-7-8-17)21(33-26-15)13-6-16-4-10-19(11-5-16)34(29,30)27-20-12-9-18(31-2)14-22(20)32-3/h4-6,9-14,17,27H,7-8H2,1-3H3,(H,25,28)/b13-6-. The second-order valence-corrected chi connectivity index (χ2v) is 9.53. The first kappa shape index (κ1) is 23.4. The molecule has 1 heterocycles. The smallest absolute Gasteiger partial charge is 0.262 e. The Hall–Kier alpha value is -3.79. The van der Waals surface area contributed by atoms with Crippen molar-refractivity contribution in [2.24, 2.45) is 5.92 Å². The number of aromatic nitrogens is 1. The second kappa shape index (κ2) is 9.60. The maximum atomic E-state index is 12.8. The molecule has 0 saturated heterocycles. The summed E-state index contributed by atoms with van der Waals surface area (Å²) in [5, 5.41) is 6.80. The highest BCUT2D eigenvalue weighted by Crippen LogP contribution is 2.32. The van der Waals surface area contributed by atoms with Crippen molar-refractivity contribution in [1.82, 2.24) is 5.16 Å². The predicted molar refractivity (Wildman–Crippen MR) is 128 cm³/mol. The van der Waals surface area contributed by atoms with Crippen molar-refractivity contribution in [2.75, 3.05) is 24.3 Å². The quantitative estimate of drug-likeness (QED) is 0.465. The number of anilines is 2. The van der Waals surface area contributed by atoms with Gasteiger partial charge in [0.1, 0.15) is 22.9 Å². The number of carbonyl (C=O) groups is 1. The minimum absolute atomic E-state index is 0.0310. The van der Waals surface area contributed by atoms with E-state index in [0.29, 0.717) is 34.3 Å². The van der Waals surface area contributed by atoms with Crippen LogP contribution in [0.5, 0.6) is 11.5 Å². The maximum absolute atomic E-state index is 12.8. The van der Waals surface area contributed by atoms with E-state index in [1.54, 1.807) is 49.4 Å². The monoisotopic (exact) mass is 483 g/mol. The normalized spacial score (nSPS) is 13.6. The van der Waals surface area contributed by atoms with Gasteiger partial charge in [0, 0.05) is 12.0 Å². The summed E-state index contributed by atoms with van der Waals surface area (Å²) in [6.07, 6.45) is 5.24. The van der Waals surface area contributed by atoms with Crippen LogP contribution in [0.15, 0.2) is 51.9 Å². The van der Waals surface area contributed by atoms with Crippen LogP contribution in [0.4, 0.5) is 11.4 Å². The maximum Gasteiger partial charge on any atom is 0.262 e. The number of amides is 1. The molecule has 0 unspecified atom stereocenters. The van der Waals surface area contributed by atoms with Gasteiger partial charge in [0.15, 0.2) is 5.76 Å². The lowest BCUT2D eigenvalue weighted by Crippen LogP contribution is -2.14. The number of methoxy groups -OCH3 is 2. The molecule has 1 aromatic heterocycles. The average molecular weight is 484 g/mol. The Balaban J connectivity index is 1.48. The molecule has 0 bridgehead atoms. The Morgan fingerprint density at radius 2 is 1.82 bits per heavy atom. The molecule has 2 aromatic carbocycles. The number of ether oxygens (including phenoxy) is 2. The van der Waals surface area contributed by atoms with E-state index in [1.165, 1.54) is 26.4 Å². The third-order valence-electron chi connectivity index (χ3n) is 5.36. The second-order valence-electron chi connectivity index (χ2n) is 7.84. The molecule has 1 fully saturated rings. The minimum atomic E-state index is -3.84. The minimum Gasteiger partial charge on any atom is -0.497 e. The fourth-order valence-electron chi connectivity index (χ4n) is 3.24. The summed E-state index contributed by atoms with van der Waals surface area (Å²) in [7, 11) is -0.871. The van der Waals surface area contributed by atoms with Gasteiger partial charge in [-0.3, -0.25) is 9.52 Å². The number of hydrogen-bond donors (Lipinski definition) is 2. The Bertz CT molecular complexity index is 1330. The van der Waals surface area contributed by atoms with Gasteiger partial charge >= 0.3 is 0 Å². The average Bonchev–Trinajstić information content (AvgIpc) is 3.63. The SMILES string of the molecule is COc1ccc(NS(=O)(=O)c2ccc(/C=C\c3onc(C)c3NC(=O)C3CC3)cc2)c(OC)c1. The molecule has 178 valence electrons. The van der Waals surface area contributed by atoms with E-state index < -0.39 is 10.0 Å². The molecule has 2 N–H and O–H groups in total. The molecule has 1 amide bonds. The number of nitrogens with one attached hydrogen (secondary N) is 2. The van der Waals surface area contributed by atoms with Gasteiger partial charge < -0.3 is 19.3 Å². The summed E-state index contributed by atoms with van der Waals surface area (Å²) in [5.74, 6) is 1.35. The number of hydrogen-bond acceptors (Lipinski definition) is 7. The molecule has 34 heavy (non-hydrogen) atoms. The van der Waals surface area contributed by atoms with Crippen LogP contribution < -0.4 is 19.5 Å². The summed E-state index contributed by atoms with van der Waals surface area (Å²) in [4.78, 5) is 12.2. The van der Waals surface area contributed by atoms with E-state index in [2.05, 4.69) is 15.2 Å². The van der Waals surface area contributed by atoms with Crippen molar-refractivity contribution >= 4 is 39.5 Å². The van der Waals surface area contributed by atoms with Crippen molar-refractivity contribution in [3.05, 3.63) is 59.5 Å². The summed E-state index contributed by atoms with van der Waals surface area (Å²) >= 11 is 0. The van der Waals surface area contributed by atoms with E-state index >= 15 is 0 Å². The molecule has 4 rings (SSSR count). The Labute approximate surface area is 197 Å². The van der Waals surface area contributed by atoms with Gasteiger partial charge in [0.25, 0.3) is 10.0 Å². The first-order chi connectivity index (χ1) is 16.3. The van der Waals surface area contributed by atoms with Gasteiger partial charge in [-0.25, -0.2) is 8.42 Å². The molecule has 1 saturated carbocycles. The lowest BCUT2D eigenvalue weighted by Gasteiger charge is -2.13. The van der Waals surface area contributed by atoms with Crippen LogP contribution in [0, 0.1) is 12.8 Å². The number of carbonyl (C=O) groups excluding carboxylic acids is 1. The van der Waals surface area contributed by atoms with Gasteiger partial charge in [0.05, 0.1) is 24.8 Å². The summed E-state index contributed by atoms with van der Waals surface area (Å²) in [6, 6.07) is 11.1. The number of nitrogens with zero attached hydrogens (tertiary/aromatic N) is 1. The molecule has 0 radical (unpaired) electrons. The summed E-state index contributed by atoms with van der Waals surface area (Å²) in [6.45, 7) is 1.76. The largest absolute Gasteiger partial charge is 0.497 e. The van der Waals surface area contributed by atoms with Gasteiger partial charge in [-0.05, 0) is 55.7 Å². The fraction of sp³-hybridized carbons (Fsp3) is 0.250. The topological polar surface area (TPSA) is 120 Å². The van der Waals surface area contributed by atoms with Gasteiger partial charge in [-0.2, -0.15) is 0 Å². The number of aryl methyl sites for hydroxylation is 1. The third-order valence-corrected chi connectivity index (χ3v) is 6.74. The van der Waals surface area contributed by atoms with Crippen molar-refractivity contribution in [3.63, 3.8) is 0 Å². The highest BCUT2D eigenvalue weighted by atomic mass is 32.2. The number of sulfonamides is 1. The first-order valence-corrected chi connectivity index (χ1v) is 12.1. The zero-order chi connectivity index (χ0) is 24.3. The van der Waals surface area contributed by atoms with E-state index in [9.17, 15) is 13.2 Å². The summed E-state index contributed by atoms with van der Waals surface area (Å²) in [5.41, 5.74) is 2.18. The molecule has 10 heteroatoms. The molecular formula is C24H25N3O6S. The van der Waals surface area contributed by atoms with Crippen molar-refractivity contribution in [2.45, 2.75) is 24.7 Å². The van der Waals surface area contributed by atoms with Crippen molar-refractivity contribution < 1.29 is 27.2 Å².